The average Bonchev–Trinajstić information content (AvgIpc) is 3.15. The molecule has 3 N–H and O–H groups in total. The third-order valence-electron chi connectivity index (χ3n) is 2.61. The first-order valence-electron chi connectivity index (χ1n) is 5.95. The number of hydrogen-bond acceptors (Lipinski definition) is 5. The van der Waals surface area contributed by atoms with E-state index in [1.807, 2.05) is 0 Å². The lowest BCUT2D eigenvalue weighted by Gasteiger charge is -2.07. The van der Waals surface area contributed by atoms with Crippen molar-refractivity contribution in [2.45, 2.75) is 25.4 Å². The van der Waals surface area contributed by atoms with Crippen LogP contribution in [-0.2, 0) is 20.9 Å². The van der Waals surface area contributed by atoms with Crippen LogP contribution < -0.4 is 16.6 Å². The van der Waals surface area contributed by atoms with Gasteiger partial charge in [0.1, 0.15) is 6.54 Å². The summed E-state index contributed by atoms with van der Waals surface area (Å²) in [5.41, 5.74) is 5.53. The van der Waals surface area contributed by atoms with Crippen molar-refractivity contribution >= 4 is 17.6 Å². The summed E-state index contributed by atoms with van der Waals surface area (Å²) < 4.78 is 5.92. The molecular weight excluding hydrogens is 250 g/mol. The summed E-state index contributed by atoms with van der Waals surface area (Å²) in [6, 6.07) is 2.94. The number of amides is 1. The predicted octanol–water partition coefficient (Wildman–Crippen LogP) is -0.748. The molecule has 7 nitrogen and oxygen atoms in total. The van der Waals surface area contributed by atoms with E-state index in [9.17, 15) is 14.4 Å². The highest BCUT2D eigenvalue weighted by atomic mass is 16.5. The van der Waals surface area contributed by atoms with Gasteiger partial charge in [0.15, 0.2) is 6.61 Å². The minimum absolute atomic E-state index is 0.225. The molecule has 1 aromatic rings. The van der Waals surface area contributed by atoms with Crippen LogP contribution in [0.1, 0.15) is 12.8 Å². The Balaban J connectivity index is 1.81. The average molecular weight is 265 g/mol. The van der Waals surface area contributed by atoms with Crippen LogP contribution in [0.4, 0.5) is 5.69 Å². The molecule has 0 aliphatic heterocycles. The third-order valence-corrected chi connectivity index (χ3v) is 2.61. The number of esters is 1. The molecule has 0 spiro atoms. The van der Waals surface area contributed by atoms with Gasteiger partial charge in [-0.15, -0.1) is 0 Å². The van der Waals surface area contributed by atoms with Crippen LogP contribution in [0.5, 0.6) is 0 Å². The van der Waals surface area contributed by atoms with Crippen LogP contribution in [-0.4, -0.2) is 29.1 Å². The van der Waals surface area contributed by atoms with Crippen molar-refractivity contribution in [2.24, 2.45) is 0 Å². The highest BCUT2D eigenvalue weighted by Gasteiger charge is 2.23. The van der Waals surface area contributed by atoms with Crippen LogP contribution in [0, 0.1) is 0 Å². The van der Waals surface area contributed by atoms with Crippen molar-refractivity contribution in [2.75, 3.05) is 12.3 Å². The highest BCUT2D eigenvalue weighted by Crippen LogP contribution is 2.18. The van der Waals surface area contributed by atoms with Crippen molar-refractivity contribution in [1.29, 1.82) is 0 Å². The Morgan fingerprint density at radius 2 is 2.16 bits per heavy atom. The highest BCUT2D eigenvalue weighted by molar-refractivity contribution is 5.80. The van der Waals surface area contributed by atoms with E-state index in [0.717, 1.165) is 17.4 Å². The molecule has 2 rings (SSSR count). The summed E-state index contributed by atoms with van der Waals surface area (Å²) in [7, 11) is 0. The number of aromatic nitrogens is 1. The fraction of sp³-hybridized carbons (Fsp3) is 0.417. The first kappa shape index (κ1) is 13.1. The van der Waals surface area contributed by atoms with Gasteiger partial charge in [-0.2, -0.15) is 0 Å². The van der Waals surface area contributed by atoms with E-state index >= 15 is 0 Å². The monoisotopic (exact) mass is 265 g/mol. The summed E-state index contributed by atoms with van der Waals surface area (Å²) in [5.74, 6) is -0.977. The zero-order valence-corrected chi connectivity index (χ0v) is 10.3. The Morgan fingerprint density at radius 1 is 1.42 bits per heavy atom. The first-order valence-corrected chi connectivity index (χ1v) is 5.95. The number of nitrogens with zero attached hydrogens (tertiary/aromatic N) is 1. The number of carbonyl (C=O) groups excluding carboxylic acids is 2. The van der Waals surface area contributed by atoms with Gasteiger partial charge < -0.3 is 20.4 Å². The van der Waals surface area contributed by atoms with Crippen LogP contribution >= 0.6 is 0 Å². The number of nitrogens with one attached hydrogen (secondary N) is 1. The Kier molecular flexibility index (Phi) is 3.84. The van der Waals surface area contributed by atoms with Crippen molar-refractivity contribution in [1.82, 2.24) is 9.88 Å². The summed E-state index contributed by atoms with van der Waals surface area (Å²) in [6.07, 6.45) is 3.30. The Bertz CT molecular complexity index is 548. The number of ether oxygens (including phenoxy) is 1. The van der Waals surface area contributed by atoms with E-state index < -0.39 is 5.97 Å². The van der Waals surface area contributed by atoms with E-state index in [1.165, 1.54) is 18.3 Å². The van der Waals surface area contributed by atoms with E-state index in [1.54, 1.807) is 0 Å². The maximum absolute atomic E-state index is 11.5. The Morgan fingerprint density at radius 3 is 2.84 bits per heavy atom. The van der Waals surface area contributed by atoms with Crippen molar-refractivity contribution in [3.8, 4) is 0 Å². The molecule has 0 unspecified atom stereocenters. The zero-order chi connectivity index (χ0) is 13.8. The largest absolute Gasteiger partial charge is 0.454 e. The number of carbonyl (C=O) groups is 2. The topological polar surface area (TPSA) is 103 Å². The molecule has 0 saturated heterocycles. The molecule has 1 aliphatic rings. The second-order valence-electron chi connectivity index (χ2n) is 4.43. The maximum atomic E-state index is 11.5. The molecule has 1 fully saturated rings. The molecular formula is C12H15N3O4. The zero-order valence-electron chi connectivity index (χ0n) is 10.3. The van der Waals surface area contributed by atoms with Crippen LogP contribution in [0.2, 0.25) is 0 Å². The number of nitrogen functional groups attached to an aromatic ring is 1. The molecule has 102 valence electrons. The number of pyridine rings is 1. The smallest absolute Gasteiger partial charge is 0.326 e. The molecule has 1 aromatic heterocycles. The normalized spacial score (nSPS) is 13.9. The molecule has 1 heterocycles. The number of hydrogen-bond donors (Lipinski definition) is 2. The van der Waals surface area contributed by atoms with Crippen molar-refractivity contribution in [3.05, 3.63) is 28.7 Å². The summed E-state index contributed by atoms with van der Waals surface area (Å²) in [5, 5.41) is 2.69. The summed E-state index contributed by atoms with van der Waals surface area (Å²) >= 11 is 0. The van der Waals surface area contributed by atoms with Crippen LogP contribution in [0.25, 0.3) is 0 Å². The molecule has 0 aromatic carbocycles. The van der Waals surface area contributed by atoms with Gasteiger partial charge >= 0.3 is 5.97 Å². The SMILES string of the molecule is Nc1ccc(=O)n(CC(=O)OCC(=O)NC2CC2)c1. The lowest BCUT2D eigenvalue weighted by atomic mass is 10.4. The lowest BCUT2D eigenvalue weighted by molar-refractivity contribution is -0.149. The van der Waals surface area contributed by atoms with E-state index in [4.69, 9.17) is 10.5 Å². The number of rotatable bonds is 5. The number of anilines is 1. The minimum atomic E-state index is -0.654. The standard InChI is InChI=1S/C12H15N3O4/c13-8-1-4-11(17)15(5-8)6-12(18)19-7-10(16)14-9-2-3-9/h1,4-5,9H,2-3,6-7,13H2,(H,14,16). The molecule has 1 amide bonds. The van der Waals surface area contributed by atoms with Gasteiger partial charge in [0, 0.05) is 24.0 Å². The van der Waals surface area contributed by atoms with Crippen LogP contribution in [0.15, 0.2) is 23.1 Å². The minimum Gasteiger partial charge on any atom is -0.454 e. The van der Waals surface area contributed by atoms with Gasteiger partial charge in [-0.1, -0.05) is 0 Å². The van der Waals surface area contributed by atoms with Crippen LogP contribution in [0.3, 0.4) is 0 Å². The molecule has 0 radical (unpaired) electrons. The van der Waals surface area contributed by atoms with Gasteiger partial charge in [0.2, 0.25) is 0 Å². The quantitative estimate of drug-likeness (QED) is 0.682. The third kappa shape index (κ3) is 4.13. The molecule has 0 atom stereocenters. The Hall–Kier alpha value is -2.31. The van der Waals surface area contributed by atoms with E-state index in [0.29, 0.717) is 5.69 Å². The molecule has 0 bridgehead atoms. The summed E-state index contributed by atoms with van der Waals surface area (Å²) in [4.78, 5) is 34.2. The molecule has 1 saturated carbocycles. The first-order chi connectivity index (χ1) is 9.04. The Labute approximate surface area is 109 Å². The maximum Gasteiger partial charge on any atom is 0.326 e. The molecule has 1 aliphatic carbocycles. The second-order valence-corrected chi connectivity index (χ2v) is 4.43. The summed E-state index contributed by atoms with van der Waals surface area (Å²) in [6.45, 7) is -0.590. The molecule has 19 heavy (non-hydrogen) atoms. The fourth-order valence-electron chi connectivity index (χ4n) is 1.50. The fourth-order valence-corrected chi connectivity index (χ4v) is 1.50. The van der Waals surface area contributed by atoms with E-state index in [2.05, 4.69) is 5.32 Å². The van der Waals surface area contributed by atoms with Crippen molar-refractivity contribution < 1.29 is 14.3 Å². The van der Waals surface area contributed by atoms with Gasteiger partial charge in [-0.3, -0.25) is 14.4 Å². The van der Waals surface area contributed by atoms with E-state index in [-0.39, 0.29) is 30.7 Å². The number of nitrogens with two attached hydrogens (primary N) is 1. The lowest BCUT2D eigenvalue weighted by Crippen LogP contribution is -2.32. The predicted molar refractivity (Wildman–Crippen MR) is 67.2 cm³/mol. The van der Waals surface area contributed by atoms with Gasteiger partial charge in [-0.05, 0) is 18.9 Å². The van der Waals surface area contributed by atoms with Gasteiger partial charge in [-0.25, -0.2) is 0 Å². The van der Waals surface area contributed by atoms with Gasteiger partial charge in [0.25, 0.3) is 11.5 Å². The molecule has 7 heteroatoms. The second kappa shape index (κ2) is 5.55. The van der Waals surface area contributed by atoms with Gasteiger partial charge in [0.05, 0.1) is 0 Å². The van der Waals surface area contributed by atoms with Crippen molar-refractivity contribution in [3.63, 3.8) is 0 Å².